The molecule has 150 valence electrons. The first-order chi connectivity index (χ1) is 14.2. The second-order valence-corrected chi connectivity index (χ2v) is 9.07. The minimum Gasteiger partial charge on any atom is -0.376 e. The summed E-state index contributed by atoms with van der Waals surface area (Å²) in [5.74, 6) is 0.271. The van der Waals surface area contributed by atoms with E-state index in [1.54, 1.807) is 0 Å². The number of benzene rings is 2. The van der Waals surface area contributed by atoms with Crippen LogP contribution < -0.4 is 5.32 Å². The van der Waals surface area contributed by atoms with Crippen LogP contribution in [0.1, 0.15) is 12.8 Å². The number of ether oxygens (including phenoxy) is 1. The fourth-order valence-corrected chi connectivity index (χ4v) is 4.71. The average Bonchev–Trinajstić information content (AvgIpc) is 3.38. The summed E-state index contributed by atoms with van der Waals surface area (Å²) in [4.78, 5) is 17.1. The van der Waals surface area contributed by atoms with Crippen LogP contribution in [0.3, 0.4) is 0 Å². The van der Waals surface area contributed by atoms with Gasteiger partial charge in [-0.3, -0.25) is 4.79 Å². The predicted molar refractivity (Wildman–Crippen MR) is 125 cm³/mol. The second-order valence-electron chi connectivity index (χ2n) is 6.88. The molecule has 0 saturated carbocycles. The van der Waals surface area contributed by atoms with Crippen molar-refractivity contribution in [3.63, 3.8) is 0 Å². The first kappa shape index (κ1) is 20.4. The van der Waals surface area contributed by atoms with Gasteiger partial charge in [0.15, 0.2) is 5.16 Å². The third kappa shape index (κ3) is 5.40. The van der Waals surface area contributed by atoms with E-state index in [1.807, 2.05) is 48.7 Å². The summed E-state index contributed by atoms with van der Waals surface area (Å²) in [5, 5.41) is 3.80. The SMILES string of the molecule is O=C(CSc1ncc(-c2ccccc2)n1C[C@@H]1CCCO1)Nc1cccc(I)c1. The van der Waals surface area contributed by atoms with Crippen molar-refractivity contribution < 1.29 is 9.53 Å². The number of thioether (sulfide) groups is 1. The Labute approximate surface area is 188 Å². The van der Waals surface area contributed by atoms with E-state index >= 15 is 0 Å². The maximum absolute atomic E-state index is 12.4. The molecule has 2 heterocycles. The molecule has 0 spiro atoms. The van der Waals surface area contributed by atoms with Crippen molar-refractivity contribution in [2.75, 3.05) is 17.7 Å². The van der Waals surface area contributed by atoms with Crippen LogP contribution in [0.5, 0.6) is 0 Å². The largest absolute Gasteiger partial charge is 0.376 e. The van der Waals surface area contributed by atoms with Gasteiger partial charge in [0, 0.05) is 15.9 Å². The van der Waals surface area contributed by atoms with Crippen LogP contribution in [0.25, 0.3) is 11.3 Å². The van der Waals surface area contributed by atoms with E-state index in [0.29, 0.717) is 5.75 Å². The summed E-state index contributed by atoms with van der Waals surface area (Å²) >= 11 is 3.70. The number of carbonyl (C=O) groups is 1. The van der Waals surface area contributed by atoms with Gasteiger partial charge in [-0.15, -0.1) is 0 Å². The highest BCUT2D eigenvalue weighted by molar-refractivity contribution is 14.1. The lowest BCUT2D eigenvalue weighted by Crippen LogP contribution is -2.18. The van der Waals surface area contributed by atoms with Crippen LogP contribution in [0.2, 0.25) is 0 Å². The number of hydrogen-bond acceptors (Lipinski definition) is 4. The summed E-state index contributed by atoms with van der Waals surface area (Å²) in [6.45, 7) is 1.58. The van der Waals surface area contributed by atoms with Gasteiger partial charge in [-0.25, -0.2) is 4.98 Å². The standard InChI is InChI=1S/C22H22IN3O2S/c23-17-8-4-9-18(12-17)25-21(27)15-29-22-24-13-20(16-6-2-1-3-7-16)26(22)14-19-10-5-11-28-19/h1-4,6-9,12-13,19H,5,10-11,14-15H2,(H,25,27)/t19-/m0/s1. The molecule has 1 fully saturated rings. The van der Waals surface area contributed by atoms with Crippen LogP contribution in [0.4, 0.5) is 5.69 Å². The molecule has 29 heavy (non-hydrogen) atoms. The van der Waals surface area contributed by atoms with Crippen molar-refractivity contribution in [3.05, 3.63) is 64.4 Å². The van der Waals surface area contributed by atoms with Gasteiger partial charge in [0.2, 0.25) is 5.91 Å². The quantitative estimate of drug-likeness (QED) is 0.350. The second kappa shape index (κ2) is 9.77. The Balaban J connectivity index is 1.48. The van der Waals surface area contributed by atoms with Gasteiger partial charge in [0.05, 0.1) is 30.3 Å². The van der Waals surface area contributed by atoms with Crippen LogP contribution in [0, 0.1) is 3.57 Å². The van der Waals surface area contributed by atoms with Gasteiger partial charge in [-0.05, 0) is 59.2 Å². The molecule has 1 N–H and O–H groups in total. The minimum absolute atomic E-state index is 0.0371. The molecule has 1 saturated heterocycles. The molecule has 1 amide bonds. The van der Waals surface area contributed by atoms with Crippen LogP contribution in [-0.2, 0) is 16.1 Å². The molecule has 0 radical (unpaired) electrons. The Morgan fingerprint density at radius 3 is 2.86 bits per heavy atom. The maximum atomic E-state index is 12.4. The Kier molecular flexibility index (Phi) is 6.89. The fraction of sp³-hybridized carbons (Fsp3) is 0.273. The molecule has 5 nitrogen and oxygen atoms in total. The van der Waals surface area contributed by atoms with Gasteiger partial charge in [-0.1, -0.05) is 48.2 Å². The third-order valence-electron chi connectivity index (χ3n) is 4.74. The Hall–Kier alpha value is -1.84. The number of aromatic nitrogens is 2. The van der Waals surface area contributed by atoms with Crippen molar-refractivity contribution >= 4 is 45.9 Å². The van der Waals surface area contributed by atoms with E-state index in [-0.39, 0.29) is 12.0 Å². The Bertz CT molecular complexity index is 971. The van der Waals surface area contributed by atoms with Crippen molar-refractivity contribution in [1.29, 1.82) is 0 Å². The number of amides is 1. The monoisotopic (exact) mass is 519 g/mol. The van der Waals surface area contributed by atoms with E-state index < -0.39 is 0 Å². The molecule has 1 atom stereocenters. The van der Waals surface area contributed by atoms with E-state index in [0.717, 1.165) is 51.7 Å². The van der Waals surface area contributed by atoms with Crippen molar-refractivity contribution in [1.82, 2.24) is 9.55 Å². The fourth-order valence-electron chi connectivity index (χ4n) is 3.38. The highest BCUT2D eigenvalue weighted by Gasteiger charge is 2.21. The lowest BCUT2D eigenvalue weighted by atomic mass is 10.1. The number of rotatable bonds is 7. The number of nitrogens with zero attached hydrogens (tertiary/aromatic N) is 2. The summed E-state index contributed by atoms with van der Waals surface area (Å²) < 4.78 is 9.13. The van der Waals surface area contributed by atoms with E-state index in [1.165, 1.54) is 11.8 Å². The lowest BCUT2D eigenvalue weighted by Gasteiger charge is -2.16. The first-order valence-corrected chi connectivity index (χ1v) is 11.7. The first-order valence-electron chi connectivity index (χ1n) is 9.60. The number of halogens is 1. The molecular formula is C22H22IN3O2S. The molecule has 0 aliphatic carbocycles. The van der Waals surface area contributed by atoms with Crippen LogP contribution in [-0.4, -0.2) is 33.9 Å². The molecule has 0 bridgehead atoms. The molecule has 1 aromatic heterocycles. The molecule has 2 aromatic carbocycles. The summed E-state index contributed by atoms with van der Waals surface area (Å²) in [5.41, 5.74) is 2.99. The maximum Gasteiger partial charge on any atom is 0.234 e. The third-order valence-corrected chi connectivity index (χ3v) is 6.40. The lowest BCUT2D eigenvalue weighted by molar-refractivity contribution is -0.113. The summed E-state index contributed by atoms with van der Waals surface area (Å²) in [6, 6.07) is 18.0. The van der Waals surface area contributed by atoms with Gasteiger partial charge in [0.25, 0.3) is 0 Å². The van der Waals surface area contributed by atoms with E-state index in [9.17, 15) is 4.79 Å². The minimum atomic E-state index is -0.0371. The van der Waals surface area contributed by atoms with Crippen molar-refractivity contribution in [2.24, 2.45) is 0 Å². The van der Waals surface area contributed by atoms with Gasteiger partial charge >= 0.3 is 0 Å². The molecule has 1 aliphatic rings. The van der Waals surface area contributed by atoms with Gasteiger partial charge in [-0.2, -0.15) is 0 Å². The number of nitrogens with one attached hydrogen (secondary N) is 1. The van der Waals surface area contributed by atoms with Crippen molar-refractivity contribution in [3.8, 4) is 11.3 Å². The van der Waals surface area contributed by atoms with E-state index in [4.69, 9.17) is 4.74 Å². The van der Waals surface area contributed by atoms with Crippen LogP contribution in [0.15, 0.2) is 66.0 Å². The van der Waals surface area contributed by atoms with Crippen LogP contribution >= 0.6 is 34.4 Å². The molecule has 1 aliphatic heterocycles. The number of imidazole rings is 1. The molecule has 7 heteroatoms. The summed E-state index contributed by atoms with van der Waals surface area (Å²) in [7, 11) is 0. The molecule has 0 unspecified atom stereocenters. The normalized spacial score (nSPS) is 16.1. The smallest absolute Gasteiger partial charge is 0.234 e. The zero-order valence-electron chi connectivity index (χ0n) is 15.9. The zero-order chi connectivity index (χ0) is 20.1. The van der Waals surface area contributed by atoms with E-state index in [2.05, 4.69) is 49.6 Å². The predicted octanol–water partition coefficient (Wildman–Crippen LogP) is 5.06. The Morgan fingerprint density at radius 2 is 2.10 bits per heavy atom. The molecular weight excluding hydrogens is 497 g/mol. The zero-order valence-corrected chi connectivity index (χ0v) is 18.9. The topological polar surface area (TPSA) is 56.2 Å². The number of carbonyl (C=O) groups excluding carboxylic acids is 1. The highest BCUT2D eigenvalue weighted by Crippen LogP contribution is 2.28. The highest BCUT2D eigenvalue weighted by atomic mass is 127. The number of hydrogen-bond donors (Lipinski definition) is 1. The Morgan fingerprint density at radius 1 is 1.24 bits per heavy atom. The molecule has 3 aromatic rings. The number of anilines is 1. The van der Waals surface area contributed by atoms with Gasteiger partial charge in [0.1, 0.15) is 0 Å². The van der Waals surface area contributed by atoms with Crippen molar-refractivity contribution in [2.45, 2.75) is 30.6 Å². The summed E-state index contributed by atoms with van der Waals surface area (Å²) in [6.07, 6.45) is 4.25. The molecule has 4 rings (SSSR count). The van der Waals surface area contributed by atoms with Gasteiger partial charge < -0.3 is 14.6 Å². The average molecular weight is 519 g/mol.